The number of carbonyl (C=O) groups is 1. The zero-order valence-electron chi connectivity index (χ0n) is 16.5. The van der Waals surface area contributed by atoms with Crippen molar-refractivity contribution in [2.45, 2.75) is 60.4 Å². The van der Waals surface area contributed by atoms with Crippen molar-refractivity contribution in [3.8, 4) is 0 Å². The molecule has 156 valence electrons. The molecule has 0 radical (unpaired) electrons. The molecule has 1 aromatic carbocycles. The Morgan fingerprint density at radius 2 is 2.00 bits per heavy atom. The third-order valence-electron chi connectivity index (χ3n) is 5.28. The van der Waals surface area contributed by atoms with Crippen LogP contribution < -0.4 is 5.32 Å². The van der Waals surface area contributed by atoms with Crippen LogP contribution in [0.25, 0.3) is 0 Å². The Balaban J connectivity index is 1.43. The predicted molar refractivity (Wildman–Crippen MR) is 113 cm³/mol. The molecule has 1 amide bonds. The van der Waals surface area contributed by atoms with Crippen LogP contribution in [0, 0.1) is 0 Å². The molecule has 1 aliphatic heterocycles. The van der Waals surface area contributed by atoms with Gasteiger partial charge in [0.1, 0.15) is 0 Å². The molecule has 0 bridgehead atoms. The number of carbonyl (C=O) groups excluding carboxylic acids is 1. The van der Waals surface area contributed by atoms with Crippen molar-refractivity contribution in [3.63, 3.8) is 0 Å². The second-order valence-electron chi connectivity index (χ2n) is 7.59. The number of benzene rings is 1. The smallest absolute Gasteiger partial charge is 0.243 e. The average Bonchev–Trinajstić information content (AvgIpc) is 3.47. The number of amides is 1. The molecule has 1 saturated carbocycles. The second kappa shape index (κ2) is 8.49. The number of aromatic nitrogens is 2. The SMILES string of the molecule is CC(Sc1nccn1C1CC1)C(=O)Nc1cccc(S(=O)(=O)N2CCCCC2)c1. The predicted octanol–water partition coefficient (Wildman–Crippen LogP) is 3.51. The summed E-state index contributed by atoms with van der Waals surface area (Å²) in [6, 6.07) is 7.03. The normalized spacial score (nSPS) is 19.1. The van der Waals surface area contributed by atoms with Crippen molar-refractivity contribution >= 4 is 33.4 Å². The topological polar surface area (TPSA) is 84.3 Å². The monoisotopic (exact) mass is 434 g/mol. The summed E-state index contributed by atoms with van der Waals surface area (Å²) >= 11 is 1.42. The molecule has 1 unspecified atom stereocenters. The molecule has 2 aliphatic rings. The number of hydrogen-bond acceptors (Lipinski definition) is 5. The number of rotatable bonds is 7. The van der Waals surface area contributed by atoms with E-state index in [0.717, 1.165) is 37.3 Å². The minimum absolute atomic E-state index is 0.173. The van der Waals surface area contributed by atoms with E-state index >= 15 is 0 Å². The number of thioether (sulfide) groups is 1. The molecule has 2 heterocycles. The molecule has 2 fully saturated rings. The summed E-state index contributed by atoms with van der Waals surface area (Å²) in [7, 11) is -3.53. The minimum atomic E-state index is -3.53. The number of anilines is 1. The fourth-order valence-corrected chi connectivity index (χ4v) is 5.96. The van der Waals surface area contributed by atoms with E-state index in [4.69, 9.17) is 0 Å². The summed E-state index contributed by atoms with van der Waals surface area (Å²) in [6.45, 7) is 2.95. The minimum Gasteiger partial charge on any atom is -0.325 e. The van der Waals surface area contributed by atoms with Gasteiger partial charge in [-0.15, -0.1) is 0 Å². The summed E-state index contributed by atoms with van der Waals surface area (Å²) in [5.41, 5.74) is 0.492. The molecule has 1 N–H and O–H groups in total. The van der Waals surface area contributed by atoms with Gasteiger partial charge >= 0.3 is 0 Å². The Morgan fingerprint density at radius 1 is 1.24 bits per heavy atom. The molecule has 0 spiro atoms. The fourth-order valence-electron chi connectivity index (χ4n) is 3.47. The number of nitrogens with one attached hydrogen (secondary N) is 1. The van der Waals surface area contributed by atoms with Crippen molar-refractivity contribution < 1.29 is 13.2 Å². The lowest BCUT2D eigenvalue weighted by molar-refractivity contribution is -0.115. The molecule has 4 rings (SSSR count). The molecule has 7 nitrogen and oxygen atoms in total. The van der Waals surface area contributed by atoms with E-state index in [0.29, 0.717) is 24.8 Å². The highest BCUT2D eigenvalue weighted by molar-refractivity contribution is 8.00. The average molecular weight is 435 g/mol. The number of hydrogen-bond donors (Lipinski definition) is 1. The maximum atomic E-state index is 12.9. The van der Waals surface area contributed by atoms with Gasteiger partial charge in [-0.3, -0.25) is 4.79 Å². The highest BCUT2D eigenvalue weighted by Gasteiger charge is 2.28. The van der Waals surface area contributed by atoms with Crippen LogP contribution in [0.1, 0.15) is 45.1 Å². The van der Waals surface area contributed by atoms with E-state index in [2.05, 4.69) is 14.9 Å². The largest absolute Gasteiger partial charge is 0.325 e. The number of imidazole rings is 1. The van der Waals surface area contributed by atoms with Crippen LogP contribution in [-0.2, 0) is 14.8 Å². The molecule has 1 saturated heterocycles. The van der Waals surface area contributed by atoms with Crippen LogP contribution in [0.4, 0.5) is 5.69 Å². The zero-order chi connectivity index (χ0) is 20.4. The van der Waals surface area contributed by atoms with Gasteiger partial charge < -0.3 is 9.88 Å². The van der Waals surface area contributed by atoms with E-state index in [-0.39, 0.29) is 16.1 Å². The van der Waals surface area contributed by atoms with Crippen LogP contribution in [0.2, 0.25) is 0 Å². The lowest BCUT2D eigenvalue weighted by atomic mass is 10.2. The Hall–Kier alpha value is -1.84. The highest BCUT2D eigenvalue weighted by Crippen LogP contribution is 2.38. The lowest BCUT2D eigenvalue weighted by Gasteiger charge is -2.26. The molecule has 2 aromatic rings. The van der Waals surface area contributed by atoms with Gasteiger partial charge in [0, 0.05) is 37.2 Å². The molecular weight excluding hydrogens is 408 g/mol. The Bertz CT molecular complexity index is 979. The fraction of sp³-hybridized carbons (Fsp3) is 0.500. The van der Waals surface area contributed by atoms with Crippen LogP contribution >= 0.6 is 11.8 Å². The summed E-state index contributed by atoms with van der Waals surface area (Å²) in [4.78, 5) is 17.3. The van der Waals surface area contributed by atoms with Crippen molar-refractivity contribution in [2.75, 3.05) is 18.4 Å². The lowest BCUT2D eigenvalue weighted by Crippen LogP contribution is -2.35. The maximum absolute atomic E-state index is 12.9. The molecule has 1 aromatic heterocycles. The molecule has 9 heteroatoms. The van der Waals surface area contributed by atoms with Crippen LogP contribution in [0.3, 0.4) is 0 Å². The van der Waals surface area contributed by atoms with Crippen LogP contribution in [0.5, 0.6) is 0 Å². The van der Waals surface area contributed by atoms with Crippen molar-refractivity contribution in [3.05, 3.63) is 36.7 Å². The molecule has 1 atom stereocenters. The Kier molecular flexibility index (Phi) is 5.98. The molecular formula is C20H26N4O3S2. The Labute approximate surface area is 175 Å². The highest BCUT2D eigenvalue weighted by atomic mass is 32.2. The maximum Gasteiger partial charge on any atom is 0.243 e. The van der Waals surface area contributed by atoms with Crippen molar-refractivity contribution in [2.24, 2.45) is 0 Å². The number of piperidine rings is 1. The van der Waals surface area contributed by atoms with Gasteiger partial charge in [-0.25, -0.2) is 13.4 Å². The van der Waals surface area contributed by atoms with Crippen LogP contribution in [0.15, 0.2) is 46.7 Å². The second-order valence-corrected chi connectivity index (χ2v) is 10.8. The third-order valence-corrected chi connectivity index (χ3v) is 8.27. The van der Waals surface area contributed by atoms with Gasteiger partial charge in [0.2, 0.25) is 15.9 Å². The Morgan fingerprint density at radius 3 is 2.72 bits per heavy atom. The van der Waals surface area contributed by atoms with Crippen molar-refractivity contribution in [1.29, 1.82) is 0 Å². The zero-order valence-corrected chi connectivity index (χ0v) is 18.1. The van der Waals surface area contributed by atoms with Gasteiger partial charge in [-0.05, 0) is 50.8 Å². The van der Waals surface area contributed by atoms with Crippen molar-refractivity contribution in [1.82, 2.24) is 13.9 Å². The van der Waals surface area contributed by atoms with Gasteiger partial charge in [0.05, 0.1) is 10.1 Å². The van der Waals surface area contributed by atoms with Gasteiger partial charge in [0.25, 0.3) is 0 Å². The van der Waals surface area contributed by atoms with Crippen LogP contribution in [-0.4, -0.2) is 46.5 Å². The van der Waals surface area contributed by atoms with Gasteiger partial charge in [-0.1, -0.05) is 24.2 Å². The summed E-state index contributed by atoms with van der Waals surface area (Å²) in [6.07, 6.45) is 8.88. The van der Waals surface area contributed by atoms with E-state index in [1.165, 1.54) is 16.1 Å². The summed E-state index contributed by atoms with van der Waals surface area (Å²) < 4.78 is 29.4. The number of nitrogens with zero attached hydrogens (tertiary/aromatic N) is 3. The molecule has 29 heavy (non-hydrogen) atoms. The first-order chi connectivity index (χ1) is 13.9. The standard InChI is InChI=1S/C20H26N4O3S2/c1-15(28-20-21-10-13-24(20)17-8-9-17)19(25)22-16-6-5-7-18(14-16)29(26,27)23-11-3-2-4-12-23/h5-7,10,13-15,17H,2-4,8-9,11-12H2,1H3,(H,22,25). The van der Waals surface area contributed by atoms with E-state index in [1.807, 2.05) is 13.1 Å². The summed E-state index contributed by atoms with van der Waals surface area (Å²) in [5, 5.41) is 3.35. The first-order valence-electron chi connectivity index (χ1n) is 10.1. The third kappa shape index (κ3) is 4.67. The summed E-state index contributed by atoms with van der Waals surface area (Å²) in [5.74, 6) is -0.173. The quantitative estimate of drug-likeness (QED) is 0.674. The number of sulfonamides is 1. The van der Waals surface area contributed by atoms with E-state index in [9.17, 15) is 13.2 Å². The first kappa shape index (κ1) is 20.4. The first-order valence-corrected chi connectivity index (χ1v) is 12.4. The van der Waals surface area contributed by atoms with E-state index < -0.39 is 10.0 Å². The van der Waals surface area contributed by atoms with E-state index in [1.54, 1.807) is 30.5 Å². The van der Waals surface area contributed by atoms with Gasteiger partial charge in [0.15, 0.2) is 5.16 Å². The molecule has 1 aliphatic carbocycles. The van der Waals surface area contributed by atoms with Gasteiger partial charge in [-0.2, -0.15) is 4.31 Å².